The third-order valence-corrected chi connectivity index (χ3v) is 5.34. The zero-order chi connectivity index (χ0) is 16.5. The zero-order valence-electron chi connectivity index (χ0n) is 12.9. The van der Waals surface area contributed by atoms with E-state index in [0.29, 0.717) is 0 Å². The van der Waals surface area contributed by atoms with Gasteiger partial charge in [-0.3, -0.25) is 4.79 Å². The summed E-state index contributed by atoms with van der Waals surface area (Å²) in [6.07, 6.45) is 4.13. The highest BCUT2D eigenvalue weighted by Gasteiger charge is 2.10. The Kier molecular flexibility index (Phi) is 3.87. The Morgan fingerprint density at radius 2 is 2.08 bits per heavy atom. The number of hydrogen-bond acceptors (Lipinski definition) is 5. The molecular formula is C17H14N4OS2. The average molecular weight is 354 g/mol. The summed E-state index contributed by atoms with van der Waals surface area (Å²) in [6.45, 7) is 1.98. The van der Waals surface area contributed by atoms with E-state index in [4.69, 9.17) is 0 Å². The van der Waals surface area contributed by atoms with Gasteiger partial charge in [-0.1, -0.05) is 0 Å². The topological polar surface area (TPSA) is 59.8 Å². The Morgan fingerprint density at radius 1 is 1.25 bits per heavy atom. The third-order valence-electron chi connectivity index (χ3n) is 3.48. The highest BCUT2D eigenvalue weighted by molar-refractivity contribution is 7.18. The summed E-state index contributed by atoms with van der Waals surface area (Å²) in [4.78, 5) is 21.2. The van der Waals surface area contributed by atoms with Crippen LogP contribution in [0.15, 0.2) is 48.1 Å². The van der Waals surface area contributed by atoms with E-state index in [1.54, 1.807) is 11.3 Å². The van der Waals surface area contributed by atoms with Gasteiger partial charge in [-0.05, 0) is 37.3 Å². The summed E-state index contributed by atoms with van der Waals surface area (Å²) in [6, 6.07) is 9.70. The molecule has 120 valence electrons. The molecule has 4 aromatic rings. The molecule has 7 heteroatoms. The number of nitrogens with zero attached hydrogens (tertiary/aromatic N) is 3. The van der Waals surface area contributed by atoms with Gasteiger partial charge < -0.3 is 9.88 Å². The number of carbonyl (C=O) groups excluding carboxylic acids is 1. The molecule has 0 bridgehead atoms. The van der Waals surface area contributed by atoms with Crippen LogP contribution in [0, 0.1) is 6.92 Å². The van der Waals surface area contributed by atoms with Gasteiger partial charge in [-0.15, -0.1) is 22.7 Å². The summed E-state index contributed by atoms with van der Waals surface area (Å²) in [7, 11) is 0. The van der Waals surface area contributed by atoms with Gasteiger partial charge in [0.1, 0.15) is 0 Å². The molecule has 3 heterocycles. The van der Waals surface area contributed by atoms with Gasteiger partial charge in [-0.25, -0.2) is 9.97 Å². The smallest absolute Gasteiger partial charge is 0.230 e. The van der Waals surface area contributed by atoms with Crippen molar-refractivity contribution in [1.29, 1.82) is 0 Å². The zero-order valence-corrected chi connectivity index (χ0v) is 14.5. The highest BCUT2D eigenvalue weighted by atomic mass is 32.1. The van der Waals surface area contributed by atoms with Gasteiger partial charge in [0, 0.05) is 23.5 Å². The quantitative estimate of drug-likeness (QED) is 0.602. The van der Waals surface area contributed by atoms with Crippen LogP contribution in [-0.2, 0) is 11.2 Å². The maximum absolute atomic E-state index is 12.2. The van der Waals surface area contributed by atoms with Crippen molar-refractivity contribution in [3.05, 3.63) is 58.8 Å². The number of aromatic nitrogens is 3. The van der Waals surface area contributed by atoms with Crippen LogP contribution in [0.25, 0.3) is 15.3 Å². The molecule has 1 N–H and O–H groups in total. The molecule has 3 aromatic heterocycles. The fourth-order valence-electron chi connectivity index (χ4n) is 2.45. The van der Waals surface area contributed by atoms with E-state index >= 15 is 0 Å². The lowest BCUT2D eigenvalue weighted by molar-refractivity contribution is -0.115. The molecule has 0 saturated heterocycles. The van der Waals surface area contributed by atoms with Crippen molar-refractivity contribution >= 4 is 44.5 Å². The summed E-state index contributed by atoms with van der Waals surface area (Å²) >= 11 is 3.17. The number of aryl methyl sites for hydroxylation is 1. The average Bonchev–Trinajstić information content (AvgIpc) is 3.25. The first-order chi connectivity index (χ1) is 11.7. The van der Waals surface area contributed by atoms with Gasteiger partial charge >= 0.3 is 0 Å². The van der Waals surface area contributed by atoms with E-state index in [-0.39, 0.29) is 12.3 Å². The molecular weight excluding hydrogens is 340 g/mol. The van der Waals surface area contributed by atoms with E-state index in [2.05, 4.69) is 15.3 Å². The Morgan fingerprint density at radius 3 is 2.92 bits per heavy atom. The molecule has 0 saturated carbocycles. The lowest BCUT2D eigenvalue weighted by Gasteiger charge is -2.03. The molecule has 4 rings (SSSR count). The Labute approximate surface area is 146 Å². The van der Waals surface area contributed by atoms with Gasteiger partial charge in [0.05, 0.1) is 27.3 Å². The van der Waals surface area contributed by atoms with E-state index in [9.17, 15) is 4.79 Å². The normalized spacial score (nSPS) is 11.0. The lowest BCUT2D eigenvalue weighted by atomic mass is 10.2. The minimum absolute atomic E-state index is 0.0781. The summed E-state index contributed by atoms with van der Waals surface area (Å²) < 4.78 is 3.06. The molecule has 0 radical (unpaired) electrons. The third kappa shape index (κ3) is 3.08. The number of anilines is 1. The maximum Gasteiger partial charge on any atom is 0.230 e. The maximum atomic E-state index is 12.2. The standard InChI is InChI=1S/C17H14N4OS2/c1-11-18-14-8-12(4-5-15(14)24-11)19-16(22)9-13-10-23-17(20-13)21-6-2-3-7-21/h2-8,10H,9H2,1H3,(H,19,22). The van der Waals surface area contributed by atoms with Crippen LogP contribution in [0.5, 0.6) is 0 Å². The molecule has 1 amide bonds. The molecule has 0 aliphatic heterocycles. The van der Waals surface area contributed by atoms with Gasteiger partial charge in [0.25, 0.3) is 0 Å². The van der Waals surface area contributed by atoms with Crippen LogP contribution < -0.4 is 5.32 Å². The number of carbonyl (C=O) groups is 1. The van der Waals surface area contributed by atoms with Crippen LogP contribution in [-0.4, -0.2) is 20.4 Å². The largest absolute Gasteiger partial charge is 0.326 e. The summed E-state index contributed by atoms with van der Waals surface area (Å²) in [5.41, 5.74) is 2.45. The molecule has 0 fully saturated rings. The van der Waals surface area contributed by atoms with Gasteiger partial charge in [0.15, 0.2) is 5.13 Å². The fraction of sp³-hybridized carbons (Fsp3) is 0.118. The van der Waals surface area contributed by atoms with E-state index in [0.717, 1.165) is 31.7 Å². The van der Waals surface area contributed by atoms with E-state index in [1.807, 2.05) is 59.6 Å². The molecule has 0 aliphatic rings. The first kappa shape index (κ1) is 15.0. The first-order valence-electron chi connectivity index (χ1n) is 7.42. The Balaban J connectivity index is 1.45. The highest BCUT2D eigenvalue weighted by Crippen LogP contribution is 2.24. The number of hydrogen-bond donors (Lipinski definition) is 1. The number of nitrogens with one attached hydrogen (secondary N) is 1. The number of thiazole rings is 2. The van der Waals surface area contributed by atoms with Crippen molar-refractivity contribution in [3.63, 3.8) is 0 Å². The van der Waals surface area contributed by atoms with Gasteiger partial charge in [0.2, 0.25) is 5.91 Å². The van der Waals surface area contributed by atoms with E-state index in [1.165, 1.54) is 11.3 Å². The second-order valence-corrected chi connectivity index (χ2v) is 7.42. The van der Waals surface area contributed by atoms with Crippen LogP contribution in [0.2, 0.25) is 0 Å². The summed E-state index contributed by atoms with van der Waals surface area (Å²) in [5.74, 6) is -0.0781. The Bertz CT molecular complexity index is 1000. The molecule has 1 aromatic carbocycles. The van der Waals surface area contributed by atoms with Crippen molar-refractivity contribution in [1.82, 2.24) is 14.5 Å². The predicted octanol–water partition coefficient (Wildman–Crippen LogP) is 4.03. The molecule has 24 heavy (non-hydrogen) atoms. The SMILES string of the molecule is Cc1nc2cc(NC(=O)Cc3csc(-n4cccc4)n3)ccc2s1. The van der Waals surface area contributed by atoms with Crippen LogP contribution in [0.4, 0.5) is 5.69 Å². The van der Waals surface area contributed by atoms with E-state index < -0.39 is 0 Å². The van der Waals surface area contributed by atoms with Crippen LogP contribution in [0.1, 0.15) is 10.7 Å². The molecule has 0 unspecified atom stereocenters. The first-order valence-corrected chi connectivity index (χ1v) is 9.12. The van der Waals surface area contributed by atoms with Crippen molar-refractivity contribution < 1.29 is 4.79 Å². The molecule has 0 aliphatic carbocycles. The molecule has 5 nitrogen and oxygen atoms in total. The molecule has 0 spiro atoms. The van der Waals surface area contributed by atoms with Crippen molar-refractivity contribution in [2.45, 2.75) is 13.3 Å². The summed E-state index contributed by atoms with van der Waals surface area (Å²) in [5, 5.41) is 6.72. The van der Waals surface area contributed by atoms with Crippen molar-refractivity contribution in [2.75, 3.05) is 5.32 Å². The number of rotatable bonds is 4. The lowest BCUT2D eigenvalue weighted by Crippen LogP contribution is -2.14. The molecule has 0 atom stereocenters. The van der Waals surface area contributed by atoms with Crippen molar-refractivity contribution in [2.24, 2.45) is 0 Å². The van der Waals surface area contributed by atoms with Crippen LogP contribution >= 0.6 is 22.7 Å². The minimum Gasteiger partial charge on any atom is -0.326 e. The second kappa shape index (κ2) is 6.18. The Hall–Kier alpha value is -2.51. The number of benzene rings is 1. The number of fused-ring (bicyclic) bond motifs is 1. The van der Waals surface area contributed by atoms with Crippen molar-refractivity contribution in [3.8, 4) is 5.13 Å². The monoisotopic (exact) mass is 354 g/mol. The number of amides is 1. The van der Waals surface area contributed by atoms with Gasteiger partial charge in [-0.2, -0.15) is 0 Å². The minimum atomic E-state index is -0.0781. The van der Waals surface area contributed by atoms with Crippen LogP contribution in [0.3, 0.4) is 0 Å². The second-order valence-electron chi connectivity index (χ2n) is 5.35. The fourth-order valence-corrected chi connectivity index (χ4v) is 4.05. The predicted molar refractivity (Wildman–Crippen MR) is 98.1 cm³/mol.